The van der Waals surface area contributed by atoms with Gasteiger partial charge in [0.05, 0.1) is 11.5 Å². The molecule has 0 spiro atoms. The number of aryl methyl sites for hydroxylation is 2. The van der Waals surface area contributed by atoms with E-state index in [0.717, 1.165) is 11.1 Å². The molecule has 0 amide bonds. The highest BCUT2D eigenvalue weighted by atomic mass is 32.2. The van der Waals surface area contributed by atoms with Crippen molar-refractivity contribution >= 4 is 10.1 Å². The summed E-state index contributed by atoms with van der Waals surface area (Å²) in [5.74, 6) is 0. The molecule has 0 aliphatic rings. The van der Waals surface area contributed by atoms with E-state index in [0.29, 0.717) is 5.56 Å². The van der Waals surface area contributed by atoms with Crippen LogP contribution in [0.1, 0.15) is 22.8 Å². The Morgan fingerprint density at radius 3 is 2.33 bits per heavy atom. The Morgan fingerprint density at radius 1 is 1.05 bits per heavy atom. The van der Waals surface area contributed by atoms with Crippen LogP contribution in [-0.2, 0) is 14.3 Å². The van der Waals surface area contributed by atoms with Crippen LogP contribution in [0.3, 0.4) is 0 Å². The molecular formula is C16H18O4S. The molecule has 5 heteroatoms. The summed E-state index contributed by atoms with van der Waals surface area (Å²) in [6.45, 7) is 3.47. The van der Waals surface area contributed by atoms with E-state index in [1.54, 1.807) is 24.3 Å². The Morgan fingerprint density at radius 2 is 1.71 bits per heavy atom. The molecule has 0 bridgehead atoms. The fourth-order valence-corrected chi connectivity index (χ4v) is 2.81. The lowest BCUT2D eigenvalue weighted by Gasteiger charge is -2.12. The van der Waals surface area contributed by atoms with E-state index < -0.39 is 16.2 Å². The third-order valence-electron chi connectivity index (χ3n) is 3.12. The van der Waals surface area contributed by atoms with E-state index >= 15 is 0 Å². The van der Waals surface area contributed by atoms with Crippen molar-refractivity contribution in [1.82, 2.24) is 0 Å². The highest BCUT2D eigenvalue weighted by Gasteiger charge is 2.18. The standard InChI is InChI=1S/C16H18O4S/c1-12-6-8-15(9-7-12)21(18,19)20-11-16(17)14-5-3-4-13(2)10-14/h3-10,16-17H,11H2,1-2H3. The van der Waals surface area contributed by atoms with Crippen molar-refractivity contribution in [3.8, 4) is 0 Å². The van der Waals surface area contributed by atoms with Crippen molar-refractivity contribution in [1.29, 1.82) is 0 Å². The Labute approximate surface area is 125 Å². The minimum atomic E-state index is -3.85. The highest BCUT2D eigenvalue weighted by Crippen LogP contribution is 2.18. The molecule has 0 aliphatic heterocycles. The number of hydrogen-bond donors (Lipinski definition) is 1. The predicted molar refractivity (Wildman–Crippen MR) is 80.5 cm³/mol. The van der Waals surface area contributed by atoms with Gasteiger partial charge < -0.3 is 5.11 Å². The topological polar surface area (TPSA) is 63.6 Å². The zero-order chi connectivity index (χ0) is 15.5. The first kappa shape index (κ1) is 15.7. The SMILES string of the molecule is Cc1ccc(S(=O)(=O)OCC(O)c2cccc(C)c2)cc1. The van der Waals surface area contributed by atoms with E-state index in [4.69, 9.17) is 4.18 Å². The molecule has 1 atom stereocenters. The lowest BCUT2D eigenvalue weighted by molar-refractivity contribution is 0.111. The van der Waals surface area contributed by atoms with E-state index in [1.807, 2.05) is 26.0 Å². The minimum absolute atomic E-state index is 0.0875. The van der Waals surface area contributed by atoms with Crippen LogP contribution in [0.5, 0.6) is 0 Å². The van der Waals surface area contributed by atoms with Crippen molar-refractivity contribution in [3.63, 3.8) is 0 Å². The van der Waals surface area contributed by atoms with Gasteiger partial charge >= 0.3 is 0 Å². The third kappa shape index (κ3) is 4.14. The van der Waals surface area contributed by atoms with Gasteiger partial charge in [-0.05, 0) is 31.5 Å². The average molecular weight is 306 g/mol. The molecule has 0 aromatic heterocycles. The van der Waals surface area contributed by atoms with E-state index in [2.05, 4.69) is 0 Å². The highest BCUT2D eigenvalue weighted by molar-refractivity contribution is 7.86. The molecule has 1 N–H and O–H groups in total. The van der Waals surface area contributed by atoms with Crippen LogP contribution in [-0.4, -0.2) is 20.1 Å². The summed E-state index contributed by atoms with van der Waals surface area (Å²) in [7, 11) is -3.85. The summed E-state index contributed by atoms with van der Waals surface area (Å²) in [4.78, 5) is 0.0875. The molecule has 0 saturated carbocycles. The molecule has 2 rings (SSSR count). The van der Waals surface area contributed by atoms with Crippen LogP contribution in [0.15, 0.2) is 53.4 Å². The summed E-state index contributed by atoms with van der Waals surface area (Å²) >= 11 is 0. The molecule has 0 aliphatic carbocycles. The number of benzene rings is 2. The van der Waals surface area contributed by atoms with Gasteiger partial charge in [0.15, 0.2) is 0 Å². The van der Waals surface area contributed by atoms with Crippen molar-refractivity contribution < 1.29 is 17.7 Å². The molecule has 0 radical (unpaired) electrons. The summed E-state index contributed by atoms with van der Waals surface area (Å²) < 4.78 is 29.0. The normalized spacial score (nSPS) is 13.1. The number of aliphatic hydroxyl groups is 1. The Hall–Kier alpha value is -1.69. The fraction of sp³-hybridized carbons (Fsp3) is 0.250. The summed E-state index contributed by atoms with van der Waals surface area (Å²) in [5.41, 5.74) is 2.59. The first-order valence-electron chi connectivity index (χ1n) is 6.59. The number of aliphatic hydroxyl groups excluding tert-OH is 1. The molecule has 2 aromatic rings. The summed E-state index contributed by atoms with van der Waals surface area (Å²) in [6, 6.07) is 13.6. The average Bonchev–Trinajstić information content (AvgIpc) is 2.45. The lowest BCUT2D eigenvalue weighted by atomic mass is 10.1. The van der Waals surface area contributed by atoms with Crippen molar-refractivity contribution in [3.05, 3.63) is 65.2 Å². The Bertz CT molecular complexity index is 705. The summed E-state index contributed by atoms with van der Waals surface area (Å²) in [6.07, 6.45) is -0.981. The van der Waals surface area contributed by atoms with Crippen LogP contribution in [0.2, 0.25) is 0 Å². The van der Waals surface area contributed by atoms with Crippen LogP contribution in [0, 0.1) is 13.8 Å². The molecule has 0 fully saturated rings. The second-order valence-corrected chi connectivity index (χ2v) is 6.60. The predicted octanol–water partition coefficient (Wildman–Crippen LogP) is 2.74. The molecule has 21 heavy (non-hydrogen) atoms. The van der Waals surface area contributed by atoms with Crippen molar-refractivity contribution in [2.75, 3.05) is 6.61 Å². The van der Waals surface area contributed by atoms with Crippen LogP contribution < -0.4 is 0 Å². The van der Waals surface area contributed by atoms with E-state index in [-0.39, 0.29) is 11.5 Å². The van der Waals surface area contributed by atoms with Crippen LogP contribution >= 0.6 is 0 Å². The van der Waals surface area contributed by atoms with Crippen molar-refractivity contribution in [2.24, 2.45) is 0 Å². The van der Waals surface area contributed by atoms with Crippen LogP contribution in [0.25, 0.3) is 0 Å². The Kier molecular flexibility index (Phi) is 4.77. The van der Waals surface area contributed by atoms with Gasteiger partial charge in [-0.25, -0.2) is 0 Å². The molecule has 0 saturated heterocycles. The van der Waals surface area contributed by atoms with Gasteiger partial charge in [-0.15, -0.1) is 0 Å². The summed E-state index contributed by atoms with van der Waals surface area (Å²) in [5, 5.41) is 10.0. The second-order valence-electron chi connectivity index (χ2n) is 4.98. The Balaban J connectivity index is 2.06. The van der Waals surface area contributed by atoms with Crippen LogP contribution in [0.4, 0.5) is 0 Å². The minimum Gasteiger partial charge on any atom is -0.386 e. The first-order valence-corrected chi connectivity index (χ1v) is 8.00. The number of hydrogen-bond acceptors (Lipinski definition) is 4. The fourth-order valence-electron chi connectivity index (χ4n) is 1.90. The molecule has 4 nitrogen and oxygen atoms in total. The van der Waals surface area contributed by atoms with Crippen molar-refractivity contribution in [2.45, 2.75) is 24.8 Å². The van der Waals surface area contributed by atoms with Gasteiger partial charge in [0.1, 0.15) is 6.10 Å². The lowest BCUT2D eigenvalue weighted by Crippen LogP contribution is -2.13. The molecular weight excluding hydrogens is 288 g/mol. The molecule has 1 unspecified atom stereocenters. The maximum absolute atomic E-state index is 12.0. The van der Waals surface area contributed by atoms with E-state index in [1.165, 1.54) is 12.1 Å². The molecule has 0 heterocycles. The molecule has 2 aromatic carbocycles. The molecule has 112 valence electrons. The first-order chi connectivity index (χ1) is 9.88. The van der Waals surface area contributed by atoms with Gasteiger partial charge in [0.25, 0.3) is 10.1 Å². The quantitative estimate of drug-likeness (QED) is 0.863. The van der Waals surface area contributed by atoms with Gasteiger partial charge in [-0.3, -0.25) is 4.18 Å². The number of rotatable bonds is 5. The monoisotopic (exact) mass is 306 g/mol. The maximum atomic E-state index is 12.0. The van der Waals surface area contributed by atoms with E-state index in [9.17, 15) is 13.5 Å². The second kappa shape index (κ2) is 6.39. The maximum Gasteiger partial charge on any atom is 0.297 e. The van der Waals surface area contributed by atoms with Gasteiger partial charge in [0.2, 0.25) is 0 Å². The van der Waals surface area contributed by atoms with Gasteiger partial charge in [0, 0.05) is 0 Å². The van der Waals surface area contributed by atoms with Gasteiger partial charge in [-0.1, -0.05) is 47.5 Å². The van der Waals surface area contributed by atoms with Gasteiger partial charge in [-0.2, -0.15) is 8.42 Å². The zero-order valence-corrected chi connectivity index (χ0v) is 12.8. The smallest absolute Gasteiger partial charge is 0.297 e. The zero-order valence-electron chi connectivity index (χ0n) is 12.0. The third-order valence-corrected chi connectivity index (χ3v) is 4.41. The largest absolute Gasteiger partial charge is 0.386 e.